The van der Waals surface area contributed by atoms with Gasteiger partial charge in [-0.15, -0.1) is 0 Å². The number of aromatic nitrogens is 1. The molecule has 0 fully saturated rings. The number of aliphatic hydroxyl groups excluding tert-OH is 1. The lowest BCUT2D eigenvalue weighted by Crippen LogP contribution is -2.32. The Balaban J connectivity index is 2.44. The maximum atomic E-state index is 8.94. The van der Waals surface area contributed by atoms with Crippen LogP contribution in [0.1, 0.15) is 38.9 Å². The van der Waals surface area contributed by atoms with Crippen molar-refractivity contribution in [2.45, 2.75) is 33.2 Å². The molecule has 0 radical (unpaired) electrons. The molecule has 1 aromatic heterocycles. The lowest BCUT2D eigenvalue weighted by atomic mass is 9.89. The molecule has 2 N–H and O–H groups in total. The van der Waals surface area contributed by atoms with Gasteiger partial charge in [-0.25, -0.2) is 0 Å². The Morgan fingerprint density at radius 1 is 1.44 bits per heavy atom. The van der Waals surface area contributed by atoms with E-state index in [2.05, 4.69) is 31.1 Å². The van der Waals surface area contributed by atoms with Crippen molar-refractivity contribution in [1.82, 2.24) is 10.3 Å². The second-order valence-corrected chi connectivity index (χ2v) is 5.00. The van der Waals surface area contributed by atoms with E-state index in [4.69, 9.17) is 5.11 Å². The Kier molecular flexibility index (Phi) is 4.90. The van der Waals surface area contributed by atoms with E-state index in [-0.39, 0.29) is 18.1 Å². The molecule has 0 spiro atoms. The van der Waals surface area contributed by atoms with Gasteiger partial charge in [-0.3, -0.25) is 4.98 Å². The molecule has 0 amide bonds. The van der Waals surface area contributed by atoms with Crippen molar-refractivity contribution >= 4 is 0 Å². The molecule has 0 aliphatic carbocycles. The fraction of sp³-hybridized carbons (Fsp3) is 0.615. The molecule has 0 aromatic carbocycles. The van der Waals surface area contributed by atoms with E-state index in [1.54, 1.807) is 0 Å². The number of aliphatic hydroxyl groups is 1. The van der Waals surface area contributed by atoms with Gasteiger partial charge in [-0.1, -0.05) is 19.9 Å². The van der Waals surface area contributed by atoms with Gasteiger partial charge >= 0.3 is 0 Å². The summed E-state index contributed by atoms with van der Waals surface area (Å²) in [4.78, 5) is 4.31. The molecular weight excluding hydrogens is 200 g/mol. The molecule has 0 aliphatic rings. The normalized spacial score (nSPS) is 13.8. The van der Waals surface area contributed by atoms with E-state index in [0.717, 1.165) is 18.7 Å². The predicted molar refractivity (Wildman–Crippen MR) is 66.1 cm³/mol. The maximum absolute atomic E-state index is 8.94. The van der Waals surface area contributed by atoms with E-state index in [0.29, 0.717) is 0 Å². The number of nitrogens with zero attached hydrogens (tertiary/aromatic N) is 1. The van der Waals surface area contributed by atoms with Gasteiger partial charge in [0, 0.05) is 25.4 Å². The van der Waals surface area contributed by atoms with Gasteiger partial charge in [0.1, 0.15) is 0 Å². The topological polar surface area (TPSA) is 45.1 Å². The fourth-order valence-electron chi connectivity index (χ4n) is 1.56. The summed E-state index contributed by atoms with van der Waals surface area (Å²) in [7, 11) is 0. The van der Waals surface area contributed by atoms with E-state index >= 15 is 0 Å². The average molecular weight is 222 g/mol. The Hall–Kier alpha value is -0.930. The minimum absolute atomic E-state index is 0.123. The highest BCUT2D eigenvalue weighted by atomic mass is 16.3. The summed E-state index contributed by atoms with van der Waals surface area (Å²) in [6.45, 7) is 7.54. The third kappa shape index (κ3) is 4.29. The zero-order chi connectivity index (χ0) is 12.0. The Labute approximate surface area is 97.9 Å². The van der Waals surface area contributed by atoms with Crippen LogP contribution in [0.15, 0.2) is 24.4 Å². The van der Waals surface area contributed by atoms with Crippen molar-refractivity contribution in [3.8, 4) is 0 Å². The number of rotatable bonds is 6. The van der Waals surface area contributed by atoms with Gasteiger partial charge in [0.25, 0.3) is 0 Å². The molecule has 1 atom stereocenters. The highest BCUT2D eigenvalue weighted by Crippen LogP contribution is 2.20. The van der Waals surface area contributed by atoms with E-state index < -0.39 is 0 Å². The highest BCUT2D eigenvalue weighted by molar-refractivity contribution is 5.07. The molecule has 0 saturated heterocycles. The number of hydrogen-bond donors (Lipinski definition) is 2. The van der Waals surface area contributed by atoms with Gasteiger partial charge in [-0.2, -0.15) is 0 Å². The van der Waals surface area contributed by atoms with Crippen LogP contribution in [-0.4, -0.2) is 23.2 Å². The van der Waals surface area contributed by atoms with Gasteiger partial charge in [0.05, 0.1) is 5.69 Å². The maximum Gasteiger partial charge on any atom is 0.0570 e. The minimum Gasteiger partial charge on any atom is -0.396 e. The summed E-state index contributed by atoms with van der Waals surface area (Å²) < 4.78 is 0. The van der Waals surface area contributed by atoms with E-state index in [1.165, 1.54) is 0 Å². The first kappa shape index (κ1) is 13.1. The van der Waals surface area contributed by atoms with Gasteiger partial charge in [0.2, 0.25) is 0 Å². The Morgan fingerprint density at radius 3 is 2.75 bits per heavy atom. The summed E-state index contributed by atoms with van der Waals surface area (Å²) in [6.07, 6.45) is 2.63. The number of nitrogens with one attached hydrogen (secondary N) is 1. The fourth-order valence-corrected chi connectivity index (χ4v) is 1.56. The third-order valence-corrected chi connectivity index (χ3v) is 2.81. The summed E-state index contributed by atoms with van der Waals surface area (Å²) in [6, 6.07) is 6.20. The van der Waals surface area contributed by atoms with Crippen LogP contribution in [-0.2, 0) is 0 Å². The molecule has 1 heterocycles. The van der Waals surface area contributed by atoms with Crippen LogP contribution >= 0.6 is 0 Å². The summed E-state index contributed by atoms with van der Waals surface area (Å²) in [5.74, 6) is 0. The third-order valence-electron chi connectivity index (χ3n) is 2.81. The number of hydrogen-bond acceptors (Lipinski definition) is 3. The molecule has 16 heavy (non-hydrogen) atoms. The van der Waals surface area contributed by atoms with Crippen molar-refractivity contribution in [3.05, 3.63) is 30.1 Å². The van der Waals surface area contributed by atoms with Crippen molar-refractivity contribution in [1.29, 1.82) is 0 Å². The Morgan fingerprint density at radius 2 is 2.19 bits per heavy atom. The van der Waals surface area contributed by atoms with Crippen molar-refractivity contribution in [2.24, 2.45) is 5.41 Å². The lowest BCUT2D eigenvalue weighted by molar-refractivity contribution is 0.203. The minimum atomic E-state index is 0.123. The highest BCUT2D eigenvalue weighted by Gasteiger charge is 2.18. The van der Waals surface area contributed by atoms with Crippen LogP contribution in [0.5, 0.6) is 0 Å². The molecule has 90 valence electrons. The van der Waals surface area contributed by atoms with Gasteiger partial charge in [0.15, 0.2) is 0 Å². The first-order valence-electron chi connectivity index (χ1n) is 5.80. The Bertz CT molecular complexity index is 298. The monoisotopic (exact) mass is 222 g/mol. The van der Waals surface area contributed by atoms with Crippen LogP contribution in [0.2, 0.25) is 0 Å². The molecular formula is C13H22N2O. The predicted octanol–water partition coefficient (Wildman–Crippen LogP) is 2.14. The average Bonchev–Trinajstić information content (AvgIpc) is 2.27. The first-order valence-corrected chi connectivity index (χ1v) is 5.80. The molecule has 3 heteroatoms. The second kappa shape index (κ2) is 5.97. The smallest absolute Gasteiger partial charge is 0.0570 e. The van der Waals surface area contributed by atoms with E-state index in [1.807, 2.05) is 24.4 Å². The first-order chi connectivity index (χ1) is 7.55. The van der Waals surface area contributed by atoms with Crippen LogP contribution < -0.4 is 5.32 Å². The second-order valence-electron chi connectivity index (χ2n) is 5.00. The van der Waals surface area contributed by atoms with Crippen molar-refractivity contribution in [3.63, 3.8) is 0 Å². The van der Waals surface area contributed by atoms with Crippen LogP contribution in [0, 0.1) is 5.41 Å². The summed E-state index contributed by atoms with van der Waals surface area (Å²) >= 11 is 0. The molecule has 1 aromatic rings. The standard InChI is InChI=1S/C13H22N2O/c1-11(12-6-4-5-8-14-12)15-10-13(2,3)7-9-16/h4-6,8,11,15-16H,7,9-10H2,1-3H3. The summed E-state index contributed by atoms with van der Waals surface area (Å²) in [5, 5.41) is 12.4. The molecule has 1 rings (SSSR count). The lowest BCUT2D eigenvalue weighted by Gasteiger charge is -2.26. The summed E-state index contributed by atoms with van der Waals surface area (Å²) in [5.41, 5.74) is 1.18. The molecule has 1 unspecified atom stereocenters. The molecule has 0 saturated carbocycles. The molecule has 3 nitrogen and oxygen atoms in total. The van der Waals surface area contributed by atoms with Crippen molar-refractivity contribution < 1.29 is 5.11 Å². The largest absolute Gasteiger partial charge is 0.396 e. The van der Waals surface area contributed by atoms with Gasteiger partial charge < -0.3 is 10.4 Å². The van der Waals surface area contributed by atoms with Crippen molar-refractivity contribution in [2.75, 3.05) is 13.2 Å². The quantitative estimate of drug-likeness (QED) is 0.775. The van der Waals surface area contributed by atoms with Crippen LogP contribution in [0.25, 0.3) is 0 Å². The number of pyridine rings is 1. The van der Waals surface area contributed by atoms with Crippen LogP contribution in [0.4, 0.5) is 0 Å². The zero-order valence-electron chi connectivity index (χ0n) is 10.4. The van der Waals surface area contributed by atoms with Gasteiger partial charge in [-0.05, 0) is 30.9 Å². The van der Waals surface area contributed by atoms with Crippen LogP contribution in [0.3, 0.4) is 0 Å². The molecule has 0 aliphatic heterocycles. The van der Waals surface area contributed by atoms with E-state index in [9.17, 15) is 0 Å². The molecule has 0 bridgehead atoms. The SMILES string of the molecule is CC(NCC(C)(C)CCO)c1ccccn1. The zero-order valence-corrected chi connectivity index (χ0v) is 10.4.